The van der Waals surface area contributed by atoms with Crippen LogP contribution in [0, 0.1) is 0 Å². The lowest BCUT2D eigenvalue weighted by Gasteiger charge is -2.01. The Morgan fingerprint density at radius 2 is 2.26 bits per heavy atom. The maximum absolute atomic E-state index is 11.9. The highest BCUT2D eigenvalue weighted by molar-refractivity contribution is 6.02. The number of H-pyrrole nitrogens is 2. The van der Waals surface area contributed by atoms with E-state index in [-0.39, 0.29) is 11.7 Å². The van der Waals surface area contributed by atoms with Gasteiger partial charge in [0.15, 0.2) is 0 Å². The predicted octanol–water partition coefficient (Wildman–Crippen LogP) is 1.50. The largest absolute Gasteiger partial charge is 0.319 e. The third-order valence-electron chi connectivity index (χ3n) is 2.77. The first-order valence-electron chi connectivity index (χ1n) is 5.92. The molecule has 2 heterocycles. The topological polar surface area (TPSA) is 99.3 Å². The molecule has 0 aliphatic carbocycles. The Morgan fingerprint density at radius 1 is 1.37 bits per heavy atom. The van der Waals surface area contributed by atoms with Gasteiger partial charge in [0.2, 0.25) is 5.82 Å². The summed E-state index contributed by atoms with van der Waals surface area (Å²) in [7, 11) is 0. The van der Waals surface area contributed by atoms with Crippen molar-refractivity contribution in [1.82, 2.24) is 25.4 Å². The SMILES string of the molecule is CCc1nc(C(=O)Nc2ccc3cn[nH]c3c2)n[nH]1. The number of hydrogen-bond acceptors (Lipinski definition) is 4. The lowest BCUT2D eigenvalue weighted by Crippen LogP contribution is -2.13. The van der Waals surface area contributed by atoms with E-state index in [0.29, 0.717) is 17.9 Å². The molecule has 7 nitrogen and oxygen atoms in total. The van der Waals surface area contributed by atoms with Gasteiger partial charge in [0.05, 0.1) is 11.7 Å². The summed E-state index contributed by atoms with van der Waals surface area (Å²) in [6.45, 7) is 1.94. The molecule has 19 heavy (non-hydrogen) atoms. The van der Waals surface area contributed by atoms with Crippen molar-refractivity contribution in [2.24, 2.45) is 0 Å². The van der Waals surface area contributed by atoms with Crippen molar-refractivity contribution >= 4 is 22.5 Å². The Morgan fingerprint density at radius 3 is 3.05 bits per heavy atom. The van der Waals surface area contributed by atoms with Crippen LogP contribution >= 0.6 is 0 Å². The van der Waals surface area contributed by atoms with Crippen LogP contribution in [-0.4, -0.2) is 31.3 Å². The van der Waals surface area contributed by atoms with Crippen molar-refractivity contribution < 1.29 is 4.79 Å². The number of anilines is 1. The van der Waals surface area contributed by atoms with Crippen LogP contribution in [0.3, 0.4) is 0 Å². The zero-order chi connectivity index (χ0) is 13.2. The first-order valence-corrected chi connectivity index (χ1v) is 5.92. The molecule has 0 saturated heterocycles. The molecule has 0 saturated carbocycles. The molecular formula is C12H12N6O. The van der Waals surface area contributed by atoms with E-state index in [9.17, 15) is 4.79 Å². The van der Waals surface area contributed by atoms with Gasteiger partial charge in [0.1, 0.15) is 5.82 Å². The van der Waals surface area contributed by atoms with E-state index in [1.54, 1.807) is 6.20 Å². The normalized spacial score (nSPS) is 10.8. The summed E-state index contributed by atoms with van der Waals surface area (Å²) in [6.07, 6.45) is 2.43. The van der Waals surface area contributed by atoms with E-state index in [4.69, 9.17) is 0 Å². The first kappa shape index (κ1) is 11.4. The highest BCUT2D eigenvalue weighted by atomic mass is 16.2. The number of nitrogens with one attached hydrogen (secondary N) is 3. The molecular weight excluding hydrogens is 244 g/mol. The van der Waals surface area contributed by atoms with Crippen molar-refractivity contribution in [3.8, 4) is 0 Å². The highest BCUT2D eigenvalue weighted by Crippen LogP contribution is 2.16. The van der Waals surface area contributed by atoms with Crippen molar-refractivity contribution in [3.05, 3.63) is 36.0 Å². The standard InChI is InChI=1S/C12H12N6O/c1-2-10-15-11(18-17-10)12(19)14-8-4-3-7-6-13-16-9(7)5-8/h3-6H,2H2,1H3,(H,13,16)(H,14,19)(H,15,17,18). The molecule has 3 rings (SSSR count). The van der Waals surface area contributed by atoms with Crippen LogP contribution in [0.1, 0.15) is 23.4 Å². The van der Waals surface area contributed by atoms with Gasteiger partial charge in [-0.3, -0.25) is 15.0 Å². The van der Waals surface area contributed by atoms with Crippen LogP contribution in [-0.2, 0) is 6.42 Å². The lowest BCUT2D eigenvalue weighted by molar-refractivity contribution is 0.101. The number of carbonyl (C=O) groups is 1. The molecule has 7 heteroatoms. The number of aromatic amines is 2. The van der Waals surface area contributed by atoms with Crippen LogP contribution in [0.5, 0.6) is 0 Å². The Kier molecular flexibility index (Phi) is 2.71. The molecule has 0 radical (unpaired) electrons. The van der Waals surface area contributed by atoms with Crippen molar-refractivity contribution in [3.63, 3.8) is 0 Å². The average Bonchev–Trinajstić information content (AvgIpc) is 3.06. The minimum Gasteiger partial charge on any atom is -0.319 e. The fourth-order valence-corrected chi connectivity index (χ4v) is 1.76. The van der Waals surface area contributed by atoms with Gasteiger partial charge in [0.25, 0.3) is 5.91 Å². The molecule has 3 aromatic rings. The molecule has 0 unspecified atom stereocenters. The zero-order valence-electron chi connectivity index (χ0n) is 10.3. The smallest absolute Gasteiger partial charge is 0.295 e. The molecule has 0 spiro atoms. The molecule has 1 amide bonds. The van der Waals surface area contributed by atoms with Gasteiger partial charge < -0.3 is 5.32 Å². The van der Waals surface area contributed by atoms with E-state index in [0.717, 1.165) is 10.9 Å². The van der Waals surface area contributed by atoms with Crippen LogP contribution in [0.2, 0.25) is 0 Å². The molecule has 0 aliphatic heterocycles. The molecule has 0 fully saturated rings. The van der Waals surface area contributed by atoms with Crippen molar-refractivity contribution in [1.29, 1.82) is 0 Å². The van der Waals surface area contributed by atoms with Crippen LogP contribution < -0.4 is 5.32 Å². The molecule has 0 bridgehead atoms. The minimum absolute atomic E-state index is 0.140. The van der Waals surface area contributed by atoms with Crippen LogP contribution in [0.15, 0.2) is 24.4 Å². The first-order chi connectivity index (χ1) is 9.26. The fourth-order valence-electron chi connectivity index (χ4n) is 1.76. The monoisotopic (exact) mass is 256 g/mol. The number of nitrogens with zero attached hydrogens (tertiary/aromatic N) is 3. The number of fused-ring (bicyclic) bond motifs is 1. The van der Waals surface area contributed by atoms with E-state index in [2.05, 4.69) is 30.7 Å². The third kappa shape index (κ3) is 2.17. The van der Waals surface area contributed by atoms with Gasteiger partial charge >= 0.3 is 0 Å². The van der Waals surface area contributed by atoms with Crippen LogP contribution in [0.4, 0.5) is 5.69 Å². The average molecular weight is 256 g/mol. The number of aryl methyl sites for hydroxylation is 1. The number of benzene rings is 1. The lowest BCUT2D eigenvalue weighted by atomic mass is 10.2. The molecule has 0 aliphatic rings. The van der Waals surface area contributed by atoms with E-state index >= 15 is 0 Å². The maximum atomic E-state index is 11.9. The number of rotatable bonds is 3. The third-order valence-corrected chi connectivity index (χ3v) is 2.77. The van der Waals surface area contributed by atoms with E-state index in [1.807, 2.05) is 25.1 Å². The Labute approximate surface area is 108 Å². The van der Waals surface area contributed by atoms with Gasteiger partial charge in [-0.15, -0.1) is 5.10 Å². The van der Waals surface area contributed by atoms with Gasteiger partial charge in [-0.1, -0.05) is 6.92 Å². The predicted molar refractivity (Wildman–Crippen MR) is 69.8 cm³/mol. The van der Waals surface area contributed by atoms with Crippen molar-refractivity contribution in [2.45, 2.75) is 13.3 Å². The second kappa shape index (κ2) is 4.52. The zero-order valence-corrected chi connectivity index (χ0v) is 10.3. The summed E-state index contributed by atoms with van der Waals surface area (Å²) in [5.41, 5.74) is 1.53. The Balaban J connectivity index is 1.81. The summed E-state index contributed by atoms with van der Waals surface area (Å²) in [4.78, 5) is 16.0. The number of amides is 1. The molecule has 0 atom stereocenters. The summed E-state index contributed by atoms with van der Waals surface area (Å²) >= 11 is 0. The molecule has 3 N–H and O–H groups in total. The quantitative estimate of drug-likeness (QED) is 0.661. The second-order valence-electron chi connectivity index (χ2n) is 4.09. The summed E-state index contributed by atoms with van der Waals surface area (Å²) < 4.78 is 0. The number of hydrogen-bond donors (Lipinski definition) is 3. The molecule has 1 aromatic carbocycles. The van der Waals surface area contributed by atoms with Crippen LogP contribution in [0.25, 0.3) is 10.9 Å². The molecule has 2 aromatic heterocycles. The summed E-state index contributed by atoms with van der Waals surface area (Å²) in [5.74, 6) is 0.491. The molecule has 96 valence electrons. The van der Waals surface area contributed by atoms with E-state index < -0.39 is 0 Å². The maximum Gasteiger partial charge on any atom is 0.295 e. The summed E-state index contributed by atoms with van der Waals surface area (Å²) in [6, 6.07) is 5.50. The Bertz CT molecular complexity index is 728. The summed E-state index contributed by atoms with van der Waals surface area (Å²) in [5, 5.41) is 17.1. The van der Waals surface area contributed by atoms with Gasteiger partial charge in [-0.2, -0.15) is 5.10 Å². The number of carbonyl (C=O) groups excluding carboxylic acids is 1. The van der Waals surface area contributed by atoms with Gasteiger partial charge in [0, 0.05) is 17.5 Å². The van der Waals surface area contributed by atoms with Crippen molar-refractivity contribution in [2.75, 3.05) is 5.32 Å². The van der Waals surface area contributed by atoms with Gasteiger partial charge in [-0.25, -0.2) is 4.98 Å². The fraction of sp³-hybridized carbons (Fsp3) is 0.167. The van der Waals surface area contributed by atoms with Gasteiger partial charge in [-0.05, 0) is 18.2 Å². The second-order valence-corrected chi connectivity index (χ2v) is 4.09. The van der Waals surface area contributed by atoms with E-state index in [1.165, 1.54) is 0 Å². The number of aromatic nitrogens is 5. The Hall–Kier alpha value is -2.70. The minimum atomic E-state index is -0.338. The highest BCUT2D eigenvalue weighted by Gasteiger charge is 2.12.